The maximum atomic E-state index is 3.71. The zero-order valence-corrected chi connectivity index (χ0v) is 10.2. The van der Waals surface area contributed by atoms with Crippen LogP contribution < -0.4 is 5.32 Å². The lowest BCUT2D eigenvalue weighted by Gasteiger charge is -2.36. The summed E-state index contributed by atoms with van der Waals surface area (Å²) in [6.45, 7) is 6.27. The lowest BCUT2D eigenvalue weighted by Crippen LogP contribution is -2.46. The van der Waals surface area contributed by atoms with Crippen LogP contribution in [0.25, 0.3) is 0 Å². The molecule has 88 valence electrons. The van der Waals surface area contributed by atoms with E-state index in [-0.39, 0.29) is 0 Å². The molecule has 0 bridgehead atoms. The normalized spacial score (nSPS) is 35.0. The number of hydrogen-bond donors (Lipinski definition) is 1. The van der Waals surface area contributed by atoms with Crippen LogP contribution in [0.5, 0.6) is 0 Å². The smallest absolute Gasteiger partial charge is 0.0195 e. The van der Waals surface area contributed by atoms with Crippen molar-refractivity contribution in [3.8, 4) is 0 Å². The minimum absolute atomic E-state index is 0.771. The second kappa shape index (κ2) is 5.86. The Labute approximate surface area is 94.4 Å². The number of likely N-dealkylation sites (tertiary alicyclic amines) is 1. The van der Waals surface area contributed by atoms with Gasteiger partial charge in [-0.1, -0.05) is 19.3 Å². The van der Waals surface area contributed by atoms with Gasteiger partial charge in [0, 0.05) is 18.6 Å². The first-order chi connectivity index (χ1) is 7.36. The predicted molar refractivity (Wildman–Crippen MR) is 65.1 cm³/mol. The van der Waals surface area contributed by atoms with Gasteiger partial charge in [0.15, 0.2) is 0 Å². The molecule has 2 heteroatoms. The average Bonchev–Trinajstić information content (AvgIpc) is 2.50. The van der Waals surface area contributed by atoms with Gasteiger partial charge in [-0.05, 0) is 45.7 Å². The quantitative estimate of drug-likeness (QED) is 0.753. The van der Waals surface area contributed by atoms with Gasteiger partial charge in [-0.2, -0.15) is 0 Å². The largest absolute Gasteiger partial charge is 0.313 e. The van der Waals surface area contributed by atoms with E-state index in [4.69, 9.17) is 0 Å². The molecule has 2 atom stereocenters. The van der Waals surface area contributed by atoms with Crippen molar-refractivity contribution >= 4 is 0 Å². The second-order valence-corrected chi connectivity index (χ2v) is 5.34. The van der Waals surface area contributed by atoms with E-state index in [0.29, 0.717) is 0 Å². The highest BCUT2D eigenvalue weighted by Gasteiger charge is 2.21. The second-order valence-electron chi connectivity index (χ2n) is 5.34. The molecule has 1 N–H and O–H groups in total. The molecule has 0 amide bonds. The van der Waals surface area contributed by atoms with Crippen LogP contribution in [-0.2, 0) is 0 Å². The van der Waals surface area contributed by atoms with Gasteiger partial charge in [0.2, 0.25) is 0 Å². The molecule has 0 aromatic rings. The van der Waals surface area contributed by atoms with Crippen molar-refractivity contribution in [3.05, 3.63) is 0 Å². The fourth-order valence-electron chi connectivity index (χ4n) is 2.97. The van der Waals surface area contributed by atoms with E-state index in [1.807, 2.05) is 0 Å². The van der Waals surface area contributed by atoms with E-state index >= 15 is 0 Å². The number of hydrogen-bond acceptors (Lipinski definition) is 2. The summed E-state index contributed by atoms with van der Waals surface area (Å²) in [5.41, 5.74) is 0. The molecule has 2 nitrogen and oxygen atoms in total. The zero-order chi connectivity index (χ0) is 10.5. The highest BCUT2D eigenvalue weighted by Crippen LogP contribution is 2.18. The third kappa shape index (κ3) is 3.46. The van der Waals surface area contributed by atoms with Gasteiger partial charge >= 0.3 is 0 Å². The molecule has 0 aromatic carbocycles. The summed E-state index contributed by atoms with van der Waals surface area (Å²) in [4.78, 5) is 2.70. The Bertz CT molecular complexity index is 173. The van der Waals surface area contributed by atoms with Crippen LogP contribution in [0.4, 0.5) is 0 Å². The molecule has 2 saturated heterocycles. The molecule has 2 aliphatic rings. The molecule has 15 heavy (non-hydrogen) atoms. The highest BCUT2D eigenvalue weighted by atomic mass is 15.2. The third-order valence-corrected chi connectivity index (χ3v) is 4.06. The van der Waals surface area contributed by atoms with Crippen molar-refractivity contribution in [1.29, 1.82) is 0 Å². The molecule has 2 rings (SSSR count). The van der Waals surface area contributed by atoms with Gasteiger partial charge < -0.3 is 5.32 Å². The fraction of sp³-hybridized carbons (Fsp3) is 1.00. The maximum absolute atomic E-state index is 3.71. The van der Waals surface area contributed by atoms with Crippen molar-refractivity contribution in [2.45, 2.75) is 64.0 Å². The monoisotopic (exact) mass is 210 g/mol. The minimum Gasteiger partial charge on any atom is -0.313 e. The summed E-state index contributed by atoms with van der Waals surface area (Å²) in [5.74, 6) is 0. The lowest BCUT2D eigenvalue weighted by molar-refractivity contribution is 0.143. The Balaban J connectivity index is 1.78. The molecule has 0 spiro atoms. The number of piperidine rings is 1. The summed E-state index contributed by atoms with van der Waals surface area (Å²) >= 11 is 0. The van der Waals surface area contributed by atoms with E-state index in [9.17, 15) is 0 Å². The zero-order valence-electron chi connectivity index (χ0n) is 10.2. The van der Waals surface area contributed by atoms with E-state index in [2.05, 4.69) is 17.1 Å². The first kappa shape index (κ1) is 11.4. The summed E-state index contributed by atoms with van der Waals surface area (Å²) < 4.78 is 0. The van der Waals surface area contributed by atoms with Crippen molar-refractivity contribution < 1.29 is 0 Å². The topological polar surface area (TPSA) is 15.3 Å². The summed E-state index contributed by atoms with van der Waals surface area (Å²) in [5, 5.41) is 3.71. The van der Waals surface area contributed by atoms with Gasteiger partial charge in [-0.25, -0.2) is 0 Å². The van der Waals surface area contributed by atoms with Gasteiger partial charge in [-0.3, -0.25) is 4.90 Å². The third-order valence-electron chi connectivity index (χ3n) is 4.06. The molecule has 0 radical (unpaired) electrons. The Kier molecular flexibility index (Phi) is 4.45. The van der Waals surface area contributed by atoms with E-state index in [0.717, 1.165) is 12.1 Å². The molecule has 0 aromatic heterocycles. The number of nitrogens with one attached hydrogen (secondary N) is 1. The average molecular weight is 210 g/mol. The Morgan fingerprint density at radius 2 is 1.93 bits per heavy atom. The molecule has 2 aliphatic heterocycles. The fourth-order valence-corrected chi connectivity index (χ4v) is 2.97. The van der Waals surface area contributed by atoms with Gasteiger partial charge in [0.1, 0.15) is 0 Å². The van der Waals surface area contributed by atoms with Crippen LogP contribution >= 0.6 is 0 Å². The van der Waals surface area contributed by atoms with Crippen LogP contribution in [0.15, 0.2) is 0 Å². The molecule has 2 heterocycles. The number of nitrogens with zero attached hydrogens (tertiary/aromatic N) is 1. The molecular formula is C13H26N2. The van der Waals surface area contributed by atoms with Crippen LogP contribution in [0.1, 0.15) is 51.9 Å². The van der Waals surface area contributed by atoms with E-state index in [1.165, 1.54) is 64.6 Å². The van der Waals surface area contributed by atoms with Crippen molar-refractivity contribution in [2.75, 3.05) is 19.6 Å². The molecule has 2 fully saturated rings. The SMILES string of the molecule is C[C@H]1CCCCN1C[C@H]1CCCCCN1. The van der Waals surface area contributed by atoms with Crippen LogP contribution in [0, 0.1) is 0 Å². The highest BCUT2D eigenvalue weighted by molar-refractivity contribution is 4.80. The molecule has 0 saturated carbocycles. The predicted octanol–water partition coefficient (Wildman–Crippen LogP) is 2.39. The maximum Gasteiger partial charge on any atom is 0.0195 e. The van der Waals surface area contributed by atoms with E-state index < -0.39 is 0 Å². The molecule has 0 aliphatic carbocycles. The summed E-state index contributed by atoms with van der Waals surface area (Å²) in [7, 11) is 0. The van der Waals surface area contributed by atoms with Gasteiger partial charge in [-0.15, -0.1) is 0 Å². The minimum atomic E-state index is 0.771. The summed E-state index contributed by atoms with van der Waals surface area (Å²) in [6, 6.07) is 1.59. The number of rotatable bonds is 2. The Morgan fingerprint density at radius 3 is 2.80 bits per heavy atom. The van der Waals surface area contributed by atoms with Crippen molar-refractivity contribution in [3.63, 3.8) is 0 Å². The van der Waals surface area contributed by atoms with E-state index in [1.54, 1.807) is 0 Å². The first-order valence-electron chi connectivity index (χ1n) is 6.83. The molecular weight excluding hydrogens is 184 g/mol. The lowest BCUT2D eigenvalue weighted by atomic mass is 10.0. The Hall–Kier alpha value is -0.0800. The van der Waals surface area contributed by atoms with Crippen LogP contribution in [-0.4, -0.2) is 36.6 Å². The molecule has 0 unspecified atom stereocenters. The van der Waals surface area contributed by atoms with Gasteiger partial charge in [0.05, 0.1) is 0 Å². The standard InChI is InChI=1S/C13H26N2/c1-12-7-4-6-10-15(12)11-13-8-3-2-5-9-14-13/h12-14H,2-11H2,1H3/t12-,13+/m0/s1. The van der Waals surface area contributed by atoms with Crippen LogP contribution in [0.3, 0.4) is 0 Å². The van der Waals surface area contributed by atoms with Gasteiger partial charge in [0.25, 0.3) is 0 Å². The first-order valence-corrected chi connectivity index (χ1v) is 6.83. The van der Waals surface area contributed by atoms with Crippen molar-refractivity contribution in [1.82, 2.24) is 10.2 Å². The Morgan fingerprint density at radius 1 is 1.07 bits per heavy atom. The van der Waals surface area contributed by atoms with Crippen molar-refractivity contribution in [2.24, 2.45) is 0 Å². The summed E-state index contributed by atoms with van der Waals surface area (Å²) in [6.07, 6.45) is 9.90. The van der Waals surface area contributed by atoms with Crippen LogP contribution in [0.2, 0.25) is 0 Å².